The fraction of sp³-hybridized carbons (Fsp3) is 0.423. The Morgan fingerprint density at radius 1 is 1.05 bits per heavy atom. The Morgan fingerprint density at radius 2 is 1.87 bits per heavy atom. The van der Waals surface area contributed by atoms with E-state index in [0.29, 0.717) is 42.2 Å². The van der Waals surface area contributed by atoms with E-state index in [9.17, 15) is 22.8 Å². The predicted octanol–water partition coefficient (Wildman–Crippen LogP) is 4.08. The van der Waals surface area contributed by atoms with Crippen LogP contribution in [0.1, 0.15) is 53.8 Å². The fourth-order valence-electron chi connectivity index (χ4n) is 4.49. The topological polar surface area (TPSA) is 126 Å². The molecule has 1 atom stereocenters. The fourth-order valence-corrected chi connectivity index (χ4v) is 4.49. The molecule has 0 spiro atoms. The van der Waals surface area contributed by atoms with Gasteiger partial charge in [0.05, 0.1) is 6.42 Å². The van der Waals surface area contributed by atoms with Crippen LogP contribution in [0.4, 0.5) is 19.0 Å². The first-order chi connectivity index (χ1) is 18.7. The standard InChI is InChI=1S/C26H25F3N4O6/c27-26(28,29)25(35)39-23(34)13-17(16-7-9-19-20(11-16)37-14-36-19)12-22-33-32-21(38-22)5-1-4-18-8-6-15-3-2-10-30-24(15)31-18/h6-9,11,17H,1-5,10,12-14H2,(H,30,31). The van der Waals surface area contributed by atoms with Crippen LogP contribution < -0.4 is 14.8 Å². The quantitative estimate of drug-likeness (QED) is 0.310. The molecule has 4 heterocycles. The maximum Gasteiger partial charge on any atom is 0.491 e. The Hall–Kier alpha value is -4.16. The normalized spacial score (nSPS) is 14.8. The Balaban J connectivity index is 1.22. The molecule has 0 amide bonds. The van der Waals surface area contributed by atoms with Gasteiger partial charge in [-0.25, -0.2) is 9.78 Å². The van der Waals surface area contributed by atoms with Crippen LogP contribution in [0, 0.1) is 0 Å². The van der Waals surface area contributed by atoms with E-state index in [-0.39, 0.29) is 19.1 Å². The number of carbonyl (C=O) groups is 2. The highest BCUT2D eigenvalue weighted by Crippen LogP contribution is 2.36. The van der Waals surface area contributed by atoms with Crippen molar-refractivity contribution in [1.29, 1.82) is 0 Å². The summed E-state index contributed by atoms with van der Waals surface area (Å²) in [6, 6.07) is 9.00. The average molecular weight is 547 g/mol. The number of hydrogen-bond acceptors (Lipinski definition) is 10. The number of aromatic nitrogens is 3. The molecule has 0 radical (unpaired) electrons. The lowest BCUT2D eigenvalue weighted by atomic mass is 9.92. The number of alkyl halides is 3. The third kappa shape index (κ3) is 6.65. The number of nitrogens with one attached hydrogen (secondary N) is 1. The molecule has 0 saturated carbocycles. The molecular formula is C26H25F3N4O6. The van der Waals surface area contributed by atoms with E-state index in [1.165, 1.54) is 5.56 Å². The first kappa shape index (κ1) is 26.4. The first-order valence-electron chi connectivity index (χ1n) is 12.5. The van der Waals surface area contributed by atoms with Crippen LogP contribution in [-0.4, -0.2) is 46.6 Å². The molecular weight excluding hydrogens is 521 g/mol. The van der Waals surface area contributed by atoms with E-state index in [0.717, 1.165) is 30.9 Å². The minimum Gasteiger partial charge on any atom is -0.454 e. The summed E-state index contributed by atoms with van der Waals surface area (Å²) in [6.45, 7) is 0.938. The summed E-state index contributed by atoms with van der Waals surface area (Å²) in [4.78, 5) is 28.0. The number of esters is 2. The van der Waals surface area contributed by atoms with Gasteiger partial charge in [-0.1, -0.05) is 12.1 Å². The van der Waals surface area contributed by atoms with Crippen molar-refractivity contribution in [2.45, 2.75) is 57.0 Å². The van der Waals surface area contributed by atoms with E-state index in [4.69, 9.17) is 13.9 Å². The molecule has 0 bridgehead atoms. The van der Waals surface area contributed by atoms with Crippen molar-refractivity contribution in [3.63, 3.8) is 0 Å². The van der Waals surface area contributed by atoms with Gasteiger partial charge in [-0.15, -0.1) is 10.2 Å². The van der Waals surface area contributed by atoms with Crippen molar-refractivity contribution in [3.8, 4) is 11.5 Å². The van der Waals surface area contributed by atoms with Crippen LogP contribution in [0.15, 0.2) is 34.7 Å². The Kier molecular flexibility index (Phi) is 7.66. The van der Waals surface area contributed by atoms with Crippen molar-refractivity contribution < 1.29 is 41.4 Å². The van der Waals surface area contributed by atoms with E-state index in [2.05, 4.69) is 31.3 Å². The molecule has 206 valence electrons. The minimum atomic E-state index is -5.28. The zero-order chi connectivity index (χ0) is 27.4. The van der Waals surface area contributed by atoms with E-state index in [1.807, 2.05) is 6.07 Å². The Bertz CT molecular complexity index is 1360. The van der Waals surface area contributed by atoms with Gasteiger partial charge in [0.1, 0.15) is 5.82 Å². The first-order valence-corrected chi connectivity index (χ1v) is 12.5. The highest BCUT2D eigenvalue weighted by atomic mass is 19.4. The number of pyridine rings is 1. The third-order valence-corrected chi connectivity index (χ3v) is 6.42. The summed E-state index contributed by atoms with van der Waals surface area (Å²) in [5, 5.41) is 11.4. The zero-order valence-corrected chi connectivity index (χ0v) is 20.8. The second kappa shape index (κ2) is 11.3. The molecule has 3 aromatic rings. The number of ether oxygens (including phenoxy) is 3. The highest BCUT2D eigenvalue weighted by Gasteiger charge is 2.42. The number of halogens is 3. The molecule has 1 aromatic carbocycles. The van der Waals surface area contributed by atoms with Crippen molar-refractivity contribution in [2.24, 2.45) is 0 Å². The van der Waals surface area contributed by atoms with Gasteiger partial charge < -0.3 is 23.9 Å². The second-order valence-electron chi connectivity index (χ2n) is 9.26. The predicted molar refractivity (Wildman–Crippen MR) is 128 cm³/mol. The number of carbonyl (C=O) groups excluding carboxylic acids is 2. The molecule has 2 aliphatic heterocycles. The molecule has 10 nitrogen and oxygen atoms in total. The maximum atomic E-state index is 12.6. The molecule has 13 heteroatoms. The highest BCUT2D eigenvalue weighted by molar-refractivity contribution is 5.88. The van der Waals surface area contributed by atoms with Gasteiger partial charge in [0.15, 0.2) is 11.5 Å². The number of anilines is 1. The largest absolute Gasteiger partial charge is 0.491 e. The summed E-state index contributed by atoms with van der Waals surface area (Å²) in [7, 11) is 0. The van der Waals surface area contributed by atoms with Gasteiger partial charge in [-0.3, -0.25) is 4.79 Å². The van der Waals surface area contributed by atoms with Gasteiger partial charge in [-0.2, -0.15) is 13.2 Å². The molecule has 0 aliphatic carbocycles. The number of fused-ring (bicyclic) bond motifs is 2. The minimum absolute atomic E-state index is 0.0239. The number of benzene rings is 1. The molecule has 5 rings (SSSR count). The monoisotopic (exact) mass is 546 g/mol. The average Bonchev–Trinajstić information content (AvgIpc) is 3.56. The van der Waals surface area contributed by atoms with Crippen LogP contribution in [-0.2, 0) is 40.0 Å². The summed E-state index contributed by atoms with van der Waals surface area (Å²) >= 11 is 0. The number of aryl methyl sites for hydroxylation is 3. The van der Waals surface area contributed by atoms with Crippen LogP contribution in [0.5, 0.6) is 11.5 Å². The van der Waals surface area contributed by atoms with Crippen molar-refractivity contribution in [1.82, 2.24) is 15.2 Å². The molecule has 1 N–H and O–H groups in total. The number of rotatable bonds is 9. The Morgan fingerprint density at radius 3 is 2.72 bits per heavy atom. The van der Waals surface area contributed by atoms with E-state index >= 15 is 0 Å². The van der Waals surface area contributed by atoms with Crippen molar-refractivity contribution >= 4 is 17.8 Å². The van der Waals surface area contributed by atoms with Crippen molar-refractivity contribution in [3.05, 3.63) is 58.9 Å². The lowest BCUT2D eigenvalue weighted by Gasteiger charge is -2.17. The van der Waals surface area contributed by atoms with Gasteiger partial charge >= 0.3 is 18.1 Å². The van der Waals surface area contributed by atoms with Crippen LogP contribution in [0.2, 0.25) is 0 Å². The zero-order valence-electron chi connectivity index (χ0n) is 20.8. The van der Waals surface area contributed by atoms with Gasteiger partial charge in [-0.05, 0) is 55.0 Å². The lowest BCUT2D eigenvalue weighted by Crippen LogP contribution is -2.28. The maximum absolute atomic E-state index is 12.6. The van der Waals surface area contributed by atoms with E-state index < -0.39 is 30.5 Å². The second-order valence-corrected chi connectivity index (χ2v) is 9.26. The number of nitrogens with zero attached hydrogens (tertiary/aromatic N) is 3. The van der Waals surface area contributed by atoms with Gasteiger partial charge in [0.2, 0.25) is 18.6 Å². The van der Waals surface area contributed by atoms with Gasteiger partial charge in [0, 0.05) is 31.0 Å². The summed E-state index contributed by atoms with van der Waals surface area (Å²) in [6.07, 6.45) is -1.75. The summed E-state index contributed by atoms with van der Waals surface area (Å²) in [5.41, 5.74) is 2.72. The lowest BCUT2D eigenvalue weighted by molar-refractivity contribution is -0.202. The molecule has 1 unspecified atom stereocenters. The number of hydrogen-bond donors (Lipinski definition) is 1. The molecule has 2 aliphatic rings. The summed E-state index contributed by atoms with van der Waals surface area (Å²) < 4.78 is 58.1. The van der Waals surface area contributed by atoms with Crippen molar-refractivity contribution in [2.75, 3.05) is 18.7 Å². The summed E-state index contributed by atoms with van der Waals surface area (Å²) in [5.74, 6) is -2.18. The molecule has 0 fully saturated rings. The Labute approximate surface area is 220 Å². The smallest absolute Gasteiger partial charge is 0.454 e. The third-order valence-electron chi connectivity index (χ3n) is 6.42. The van der Waals surface area contributed by atoms with Crippen LogP contribution in [0.25, 0.3) is 0 Å². The van der Waals surface area contributed by atoms with E-state index in [1.54, 1.807) is 18.2 Å². The van der Waals surface area contributed by atoms with Crippen LogP contribution in [0.3, 0.4) is 0 Å². The van der Waals surface area contributed by atoms with Gasteiger partial charge in [0.25, 0.3) is 0 Å². The molecule has 39 heavy (non-hydrogen) atoms. The van der Waals surface area contributed by atoms with Crippen LogP contribution >= 0.6 is 0 Å². The molecule has 2 aromatic heterocycles. The molecule has 0 saturated heterocycles. The SMILES string of the molecule is O=C(CC(Cc1nnc(CCCc2ccc3c(n2)NCCC3)o1)c1ccc2c(c1)OCO2)OC(=O)C(F)(F)F.